The van der Waals surface area contributed by atoms with Gasteiger partial charge in [-0.2, -0.15) is 0 Å². The van der Waals surface area contributed by atoms with Gasteiger partial charge in [0.25, 0.3) is 5.91 Å². The lowest BCUT2D eigenvalue weighted by Gasteiger charge is -2.39. The molecule has 0 aliphatic carbocycles. The van der Waals surface area contributed by atoms with E-state index in [9.17, 15) is 4.79 Å². The van der Waals surface area contributed by atoms with Gasteiger partial charge in [-0.25, -0.2) is 4.39 Å². The monoisotopic (exact) mass is 471 g/mol. The SMILES string of the molecule is Cc1cc(-c2ccc(C3CCN(C4CCOCC4)CC3)c(F)c2)sc1C(=O)N1CC[C@H](N)C1. The number of carbonyl (C=O) groups excluding carboxylic acids is 1. The highest BCUT2D eigenvalue weighted by molar-refractivity contribution is 7.17. The van der Waals surface area contributed by atoms with Gasteiger partial charge in [0, 0.05) is 43.3 Å². The van der Waals surface area contributed by atoms with Crippen molar-refractivity contribution >= 4 is 17.2 Å². The number of ether oxygens (including phenoxy) is 1. The summed E-state index contributed by atoms with van der Waals surface area (Å²) in [5.41, 5.74) is 8.61. The minimum atomic E-state index is -0.124. The maximum absolute atomic E-state index is 15.2. The highest BCUT2D eigenvalue weighted by Gasteiger charge is 2.29. The van der Waals surface area contributed by atoms with Crippen molar-refractivity contribution in [2.45, 2.75) is 57.0 Å². The molecule has 7 heteroatoms. The molecule has 1 aromatic heterocycles. The van der Waals surface area contributed by atoms with E-state index in [0.29, 0.717) is 19.1 Å². The number of nitrogens with two attached hydrogens (primary N) is 1. The van der Waals surface area contributed by atoms with Crippen molar-refractivity contribution in [3.63, 3.8) is 0 Å². The molecule has 0 unspecified atom stereocenters. The van der Waals surface area contributed by atoms with Gasteiger partial charge in [0.15, 0.2) is 0 Å². The Morgan fingerprint density at radius 3 is 2.52 bits per heavy atom. The van der Waals surface area contributed by atoms with Gasteiger partial charge in [0.1, 0.15) is 5.82 Å². The van der Waals surface area contributed by atoms with Gasteiger partial charge in [-0.05, 0) is 86.9 Å². The molecule has 3 saturated heterocycles. The fourth-order valence-corrected chi connectivity index (χ4v) is 6.73. The first-order chi connectivity index (χ1) is 16.0. The summed E-state index contributed by atoms with van der Waals surface area (Å²) < 4.78 is 20.7. The van der Waals surface area contributed by atoms with Crippen LogP contribution in [-0.2, 0) is 4.74 Å². The van der Waals surface area contributed by atoms with E-state index < -0.39 is 0 Å². The van der Waals surface area contributed by atoms with Gasteiger partial charge < -0.3 is 20.3 Å². The molecule has 3 aliphatic rings. The maximum atomic E-state index is 15.2. The first kappa shape index (κ1) is 23.0. The molecule has 4 heterocycles. The van der Waals surface area contributed by atoms with Crippen molar-refractivity contribution < 1.29 is 13.9 Å². The minimum absolute atomic E-state index is 0.0464. The molecule has 0 spiro atoms. The lowest BCUT2D eigenvalue weighted by molar-refractivity contribution is 0.0250. The summed E-state index contributed by atoms with van der Waals surface area (Å²) in [5.74, 6) is 0.197. The summed E-state index contributed by atoms with van der Waals surface area (Å²) in [5, 5.41) is 0. The molecule has 2 aromatic rings. The Hall–Kier alpha value is -1.80. The van der Waals surface area contributed by atoms with E-state index in [4.69, 9.17) is 10.5 Å². The number of hydrogen-bond acceptors (Lipinski definition) is 5. The number of aryl methyl sites for hydroxylation is 1. The molecular formula is C26H34FN3O2S. The molecule has 5 rings (SSSR count). The van der Waals surface area contributed by atoms with E-state index in [0.717, 1.165) is 84.9 Å². The Bertz CT molecular complexity index is 995. The third kappa shape index (κ3) is 4.87. The molecule has 3 aliphatic heterocycles. The van der Waals surface area contributed by atoms with Crippen molar-refractivity contribution in [1.82, 2.24) is 9.80 Å². The third-order valence-corrected chi connectivity index (χ3v) is 8.86. The Morgan fingerprint density at radius 2 is 1.85 bits per heavy atom. The molecule has 0 saturated carbocycles. The van der Waals surface area contributed by atoms with Crippen molar-refractivity contribution in [2.24, 2.45) is 5.73 Å². The molecule has 178 valence electrons. The Kier molecular flexibility index (Phi) is 6.84. The average molecular weight is 472 g/mol. The van der Waals surface area contributed by atoms with Gasteiger partial charge in [-0.1, -0.05) is 12.1 Å². The van der Waals surface area contributed by atoms with Crippen LogP contribution in [0.2, 0.25) is 0 Å². The van der Waals surface area contributed by atoms with Crippen LogP contribution in [0.25, 0.3) is 10.4 Å². The van der Waals surface area contributed by atoms with Crippen molar-refractivity contribution in [2.75, 3.05) is 39.4 Å². The summed E-state index contributed by atoms with van der Waals surface area (Å²) in [6, 6.07) is 8.35. The van der Waals surface area contributed by atoms with Gasteiger partial charge >= 0.3 is 0 Å². The Morgan fingerprint density at radius 1 is 1.09 bits per heavy atom. The summed E-state index contributed by atoms with van der Waals surface area (Å²) in [4.78, 5) is 19.0. The molecule has 1 amide bonds. The van der Waals surface area contributed by atoms with E-state index in [1.165, 1.54) is 11.3 Å². The van der Waals surface area contributed by atoms with Crippen LogP contribution in [0, 0.1) is 12.7 Å². The van der Waals surface area contributed by atoms with Gasteiger partial charge in [-0.3, -0.25) is 4.79 Å². The number of amides is 1. The highest BCUT2D eigenvalue weighted by atomic mass is 32.1. The zero-order chi connectivity index (χ0) is 22.9. The predicted octanol–water partition coefficient (Wildman–Crippen LogP) is 4.39. The van der Waals surface area contributed by atoms with Crippen molar-refractivity contribution in [3.8, 4) is 10.4 Å². The van der Waals surface area contributed by atoms with Crippen molar-refractivity contribution in [3.05, 3.63) is 46.1 Å². The molecule has 5 nitrogen and oxygen atoms in total. The van der Waals surface area contributed by atoms with Gasteiger partial charge in [0.2, 0.25) is 0 Å². The molecule has 1 atom stereocenters. The third-order valence-electron chi connectivity index (χ3n) is 7.59. The maximum Gasteiger partial charge on any atom is 0.264 e. The van der Waals surface area contributed by atoms with Crippen LogP contribution in [0.4, 0.5) is 4.39 Å². The number of thiophene rings is 1. The lowest BCUT2D eigenvalue weighted by atomic mass is 9.87. The number of hydrogen-bond donors (Lipinski definition) is 1. The molecule has 0 bridgehead atoms. The Balaban J connectivity index is 1.26. The van der Waals surface area contributed by atoms with E-state index in [2.05, 4.69) is 4.90 Å². The molecule has 0 radical (unpaired) electrons. The number of carbonyl (C=O) groups is 1. The first-order valence-electron chi connectivity index (χ1n) is 12.3. The summed E-state index contributed by atoms with van der Waals surface area (Å²) in [6.07, 6.45) is 5.08. The second kappa shape index (κ2) is 9.82. The number of halogens is 1. The Labute approximate surface area is 199 Å². The summed E-state index contributed by atoms with van der Waals surface area (Å²) in [6.45, 7) is 7.08. The van der Waals surface area contributed by atoms with Gasteiger partial charge in [0.05, 0.1) is 4.88 Å². The van der Waals surface area contributed by atoms with Crippen LogP contribution in [-0.4, -0.2) is 67.2 Å². The fourth-order valence-electron chi connectivity index (χ4n) is 5.59. The van der Waals surface area contributed by atoms with Crippen LogP contribution in [0.15, 0.2) is 24.3 Å². The van der Waals surface area contributed by atoms with E-state index in [-0.39, 0.29) is 23.7 Å². The smallest absolute Gasteiger partial charge is 0.264 e. The largest absolute Gasteiger partial charge is 0.381 e. The lowest BCUT2D eigenvalue weighted by Crippen LogP contribution is -2.43. The van der Waals surface area contributed by atoms with Crippen LogP contribution in [0.5, 0.6) is 0 Å². The van der Waals surface area contributed by atoms with E-state index in [1.807, 2.05) is 30.0 Å². The zero-order valence-electron chi connectivity index (χ0n) is 19.4. The number of benzene rings is 1. The molecular weight excluding hydrogens is 437 g/mol. The fraction of sp³-hybridized carbons (Fsp3) is 0.577. The predicted molar refractivity (Wildman–Crippen MR) is 130 cm³/mol. The molecule has 2 N–H and O–H groups in total. The average Bonchev–Trinajstić information content (AvgIpc) is 3.45. The highest BCUT2D eigenvalue weighted by Crippen LogP contribution is 2.36. The number of piperidine rings is 1. The first-order valence-corrected chi connectivity index (χ1v) is 13.1. The van der Waals surface area contributed by atoms with Crippen LogP contribution >= 0.6 is 11.3 Å². The van der Waals surface area contributed by atoms with Crippen molar-refractivity contribution in [1.29, 1.82) is 0 Å². The zero-order valence-corrected chi connectivity index (χ0v) is 20.2. The summed E-state index contributed by atoms with van der Waals surface area (Å²) >= 11 is 1.46. The normalized spacial score (nSPS) is 23.4. The van der Waals surface area contributed by atoms with E-state index in [1.54, 1.807) is 6.07 Å². The summed E-state index contributed by atoms with van der Waals surface area (Å²) in [7, 11) is 0. The van der Waals surface area contributed by atoms with Crippen LogP contribution < -0.4 is 5.73 Å². The second-order valence-corrected chi connectivity index (χ2v) is 10.9. The van der Waals surface area contributed by atoms with Gasteiger partial charge in [-0.15, -0.1) is 11.3 Å². The topological polar surface area (TPSA) is 58.8 Å². The molecule has 33 heavy (non-hydrogen) atoms. The van der Waals surface area contributed by atoms with E-state index >= 15 is 4.39 Å². The second-order valence-electron chi connectivity index (χ2n) is 9.81. The van der Waals surface area contributed by atoms with Crippen LogP contribution in [0.1, 0.15) is 58.8 Å². The molecule has 1 aromatic carbocycles. The minimum Gasteiger partial charge on any atom is -0.381 e. The quantitative estimate of drug-likeness (QED) is 0.718. The number of rotatable bonds is 4. The number of likely N-dealkylation sites (tertiary alicyclic amines) is 2. The van der Waals surface area contributed by atoms with Crippen LogP contribution in [0.3, 0.4) is 0 Å². The standard InChI is InChI=1S/C26H34FN3O2S/c1-17-14-24(33-25(17)26(31)30-11-6-20(28)16-30)19-2-3-22(23(27)15-19)18-4-9-29(10-5-18)21-7-12-32-13-8-21/h2-3,14-15,18,20-21H,4-13,16,28H2,1H3/t20-/m0/s1. The number of nitrogens with zero attached hydrogens (tertiary/aromatic N) is 2. The molecule has 3 fully saturated rings.